The van der Waals surface area contributed by atoms with E-state index in [2.05, 4.69) is 21.7 Å². The number of aromatic nitrogens is 1. The summed E-state index contributed by atoms with van der Waals surface area (Å²) in [6.45, 7) is 0. The van der Waals surface area contributed by atoms with Gasteiger partial charge >= 0.3 is 0 Å². The highest BCUT2D eigenvalue weighted by Gasteiger charge is 2.16. The molecule has 5 nitrogen and oxygen atoms in total. The Kier molecular flexibility index (Phi) is 4.98. The molecule has 0 saturated heterocycles. The second kappa shape index (κ2) is 7.93. The van der Waals surface area contributed by atoms with Crippen LogP contribution in [0.5, 0.6) is 0 Å². The van der Waals surface area contributed by atoms with Crippen LogP contribution in [0.15, 0.2) is 71.6 Å². The van der Waals surface area contributed by atoms with E-state index in [1.807, 2.05) is 48.5 Å². The van der Waals surface area contributed by atoms with Crippen molar-refractivity contribution in [3.63, 3.8) is 0 Å². The third-order valence-corrected chi connectivity index (χ3v) is 6.92. The number of nitrogens with one attached hydrogen (secondary N) is 2. The first-order valence-electron chi connectivity index (χ1n) is 9.50. The lowest BCUT2D eigenvalue weighted by Gasteiger charge is -2.10. The second-order valence-electron chi connectivity index (χ2n) is 6.88. The minimum atomic E-state index is -0.220. The van der Waals surface area contributed by atoms with Gasteiger partial charge < -0.3 is 10.6 Å². The van der Waals surface area contributed by atoms with E-state index in [1.54, 1.807) is 35.2 Å². The highest BCUT2D eigenvalue weighted by Crippen LogP contribution is 2.33. The number of thiazole rings is 1. The molecule has 2 N–H and O–H groups in total. The maximum atomic E-state index is 12.8. The lowest BCUT2D eigenvalue weighted by molar-refractivity contribution is -0.115. The van der Waals surface area contributed by atoms with Gasteiger partial charge in [0.15, 0.2) is 0 Å². The molecule has 1 aliphatic heterocycles. The van der Waals surface area contributed by atoms with Crippen LogP contribution in [-0.2, 0) is 4.79 Å². The molecular formula is C23H17N3O2S2. The van der Waals surface area contributed by atoms with Crippen LogP contribution in [0.25, 0.3) is 20.8 Å². The monoisotopic (exact) mass is 431 g/mol. The number of amides is 2. The minimum absolute atomic E-state index is 0.0256. The smallest absolute Gasteiger partial charge is 0.255 e. The van der Waals surface area contributed by atoms with Crippen molar-refractivity contribution in [1.29, 1.82) is 0 Å². The molecule has 0 radical (unpaired) electrons. The largest absolute Gasteiger partial charge is 0.325 e. The van der Waals surface area contributed by atoms with Gasteiger partial charge in [0.2, 0.25) is 5.91 Å². The van der Waals surface area contributed by atoms with Crippen LogP contribution in [0.1, 0.15) is 16.8 Å². The SMILES string of the molecule is O=C1CCSc2ccc(C(=O)Nc3cccc(-c4nc5ccccc5s4)c3)cc2N1. The molecule has 1 aliphatic rings. The van der Waals surface area contributed by atoms with Gasteiger partial charge in [0, 0.05) is 33.9 Å². The number of hydrogen-bond acceptors (Lipinski definition) is 5. The van der Waals surface area contributed by atoms with Gasteiger partial charge in [0.1, 0.15) is 5.01 Å². The quantitative estimate of drug-likeness (QED) is 0.440. The summed E-state index contributed by atoms with van der Waals surface area (Å²) in [6, 6.07) is 21.1. The van der Waals surface area contributed by atoms with E-state index in [1.165, 1.54) is 0 Å². The molecule has 0 spiro atoms. The Morgan fingerprint density at radius 2 is 1.93 bits per heavy atom. The Morgan fingerprint density at radius 3 is 2.83 bits per heavy atom. The van der Waals surface area contributed by atoms with E-state index in [-0.39, 0.29) is 11.8 Å². The average Bonchev–Trinajstić information content (AvgIpc) is 3.10. The lowest BCUT2D eigenvalue weighted by Crippen LogP contribution is -2.14. The Morgan fingerprint density at radius 1 is 1.03 bits per heavy atom. The van der Waals surface area contributed by atoms with Crippen LogP contribution in [0.3, 0.4) is 0 Å². The molecule has 0 saturated carbocycles. The van der Waals surface area contributed by atoms with E-state index in [4.69, 9.17) is 0 Å². The third kappa shape index (κ3) is 3.81. The van der Waals surface area contributed by atoms with Gasteiger partial charge in [-0.05, 0) is 42.5 Å². The van der Waals surface area contributed by atoms with Crippen LogP contribution < -0.4 is 10.6 Å². The Labute approximate surface area is 181 Å². The number of anilines is 2. The summed E-state index contributed by atoms with van der Waals surface area (Å²) in [5.74, 6) is 0.494. The summed E-state index contributed by atoms with van der Waals surface area (Å²) in [6.07, 6.45) is 0.472. The molecule has 0 unspecified atom stereocenters. The average molecular weight is 432 g/mol. The number of carbonyl (C=O) groups is 2. The lowest BCUT2D eigenvalue weighted by atomic mass is 10.1. The van der Waals surface area contributed by atoms with Crippen molar-refractivity contribution < 1.29 is 9.59 Å². The zero-order chi connectivity index (χ0) is 20.5. The number of rotatable bonds is 3. The van der Waals surface area contributed by atoms with E-state index in [0.29, 0.717) is 23.4 Å². The van der Waals surface area contributed by atoms with Crippen molar-refractivity contribution >= 4 is 56.5 Å². The van der Waals surface area contributed by atoms with E-state index in [9.17, 15) is 9.59 Å². The Balaban J connectivity index is 1.39. The molecule has 7 heteroatoms. The number of benzene rings is 3. The maximum Gasteiger partial charge on any atom is 0.255 e. The van der Waals surface area contributed by atoms with Crippen LogP contribution in [0, 0.1) is 0 Å². The first-order valence-corrected chi connectivity index (χ1v) is 11.3. The number of hydrogen-bond donors (Lipinski definition) is 2. The van der Waals surface area contributed by atoms with Gasteiger partial charge in [0.05, 0.1) is 15.9 Å². The first-order chi connectivity index (χ1) is 14.7. The molecule has 4 aromatic rings. The highest BCUT2D eigenvalue weighted by atomic mass is 32.2. The molecule has 0 atom stereocenters. The zero-order valence-electron chi connectivity index (χ0n) is 15.8. The number of fused-ring (bicyclic) bond motifs is 2. The summed E-state index contributed by atoms with van der Waals surface area (Å²) in [5.41, 5.74) is 3.82. The summed E-state index contributed by atoms with van der Waals surface area (Å²) in [5, 5.41) is 6.75. The topological polar surface area (TPSA) is 71.1 Å². The van der Waals surface area contributed by atoms with Crippen LogP contribution in [-0.4, -0.2) is 22.6 Å². The fraction of sp³-hybridized carbons (Fsp3) is 0.0870. The van der Waals surface area contributed by atoms with Gasteiger partial charge in [-0.15, -0.1) is 23.1 Å². The van der Waals surface area contributed by atoms with E-state index in [0.717, 1.165) is 31.4 Å². The molecule has 0 aliphatic carbocycles. The number of para-hydroxylation sites is 1. The zero-order valence-corrected chi connectivity index (χ0v) is 17.5. The van der Waals surface area contributed by atoms with Crippen molar-refractivity contribution in [2.24, 2.45) is 0 Å². The van der Waals surface area contributed by atoms with Crippen molar-refractivity contribution in [1.82, 2.24) is 4.98 Å². The molecule has 2 amide bonds. The predicted octanol–water partition coefficient (Wildman–Crippen LogP) is 5.65. The minimum Gasteiger partial charge on any atom is -0.325 e. The van der Waals surface area contributed by atoms with Crippen LogP contribution in [0.2, 0.25) is 0 Å². The number of thioether (sulfide) groups is 1. The molecule has 0 bridgehead atoms. The van der Waals surface area contributed by atoms with Gasteiger partial charge in [-0.25, -0.2) is 4.98 Å². The van der Waals surface area contributed by atoms with Gasteiger partial charge in [-0.2, -0.15) is 0 Å². The molecule has 0 fully saturated rings. The maximum absolute atomic E-state index is 12.8. The predicted molar refractivity (Wildman–Crippen MR) is 123 cm³/mol. The van der Waals surface area contributed by atoms with Crippen molar-refractivity contribution in [2.45, 2.75) is 11.3 Å². The van der Waals surface area contributed by atoms with Crippen LogP contribution >= 0.6 is 23.1 Å². The fourth-order valence-electron chi connectivity index (χ4n) is 3.29. The number of nitrogens with zero attached hydrogens (tertiary/aromatic N) is 1. The molecule has 30 heavy (non-hydrogen) atoms. The summed E-state index contributed by atoms with van der Waals surface area (Å²) < 4.78 is 1.13. The molecular weight excluding hydrogens is 414 g/mol. The van der Waals surface area contributed by atoms with Crippen LogP contribution in [0.4, 0.5) is 11.4 Å². The summed E-state index contributed by atoms with van der Waals surface area (Å²) in [4.78, 5) is 30.3. The number of carbonyl (C=O) groups excluding carboxylic acids is 2. The second-order valence-corrected chi connectivity index (χ2v) is 9.05. The molecule has 5 rings (SSSR count). The summed E-state index contributed by atoms with van der Waals surface area (Å²) >= 11 is 3.24. The standard InChI is InChI=1S/C23H17N3O2S2/c27-21-10-11-29-19-9-8-14(13-18(19)25-21)22(28)24-16-5-3-4-15(12-16)23-26-17-6-1-2-7-20(17)30-23/h1-9,12-13H,10-11H2,(H,24,28)(H,25,27). The van der Waals surface area contributed by atoms with Crippen molar-refractivity contribution in [3.8, 4) is 10.6 Å². The molecule has 148 valence electrons. The third-order valence-electron chi connectivity index (χ3n) is 4.76. The van der Waals surface area contributed by atoms with Gasteiger partial charge in [0.25, 0.3) is 5.91 Å². The van der Waals surface area contributed by atoms with Gasteiger partial charge in [-0.3, -0.25) is 9.59 Å². The van der Waals surface area contributed by atoms with Crippen molar-refractivity contribution in [2.75, 3.05) is 16.4 Å². The Hall–Kier alpha value is -3.16. The van der Waals surface area contributed by atoms with Gasteiger partial charge in [-0.1, -0.05) is 24.3 Å². The molecule has 1 aromatic heterocycles. The summed E-state index contributed by atoms with van der Waals surface area (Å²) in [7, 11) is 0. The van der Waals surface area contributed by atoms with Crippen molar-refractivity contribution in [3.05, 3.63) is 72.3 Å². The molecule has 3 aromatic carbocycles. The molecule has 2 heterocycles. The highest BCUT2D eigenvalue weighted by molar-refractivity contribution is 7.99. The Bertz CT molecular complexity index is 1250. The fourth-order valence-corrected chi connectivity index (χ4v) is 5.19. The normalized spacial score (nSPS) is 13.4. The first kappa shape index (κ1) is 18.8. The van der Waals surface area contributed by atoms with E-state index < -0.39 is 0 Å². The van der Waals surface area contributed by atoms with E-state index >= 15 is 0 Å².